The molecule has 0 radical (unpaired) electrons. The van der Waals surface area contributed by atoms with E-state index in [0.29, 0.717) is 12.4 Å². The first-order valence-electron chi connectivity index (χ1n) is 6.11. The molecule has 0 aliphatic heterocycles. The van der Waals surface area contributed by atoms with Crippen molar-refractivity contribution in [2.24, 2.45) is 5.73 Å². The van der Waals surface area contributed by atoms with Crippen LogP contribution >= 0.6 is 11.8 Å². The van der Waals surface area contributed by atoms with Crippen molar-refractivity contribution in [3.8, 4) is 0 Å². The number of aromatic nitrogens is 1. The van der Waals surface area contributed by atoms with Crippen molar-refractivity contribution in [1.29, 1.82) is 0 Å². The van der Waals surface area contributed by atoms with Gasteiger partial charge in [0, 0.05) is 23.7 Å². The molecule has 1 aromatic heterocycles. The standard InChI is InChI=1S/C13H20N2O2S/c1-3-11(14)13(10-5-7-15-8-6-10)18-9-12(16)17-4-2/h5-8,11,13H,3-4,9,14H2,1-2H3. The summed E-state index contributed by atoms with van der Waals surface area (Å²) < 4.78 is 4.93. The van der Waals surface area contributed by atoms with Crippen molar-refractivity contribution >= 4 is 17.7 Å². The predicted molar refractivity (Wildman–Crippen MR) is 74.3 cm³/mol. The van der Waals surface area contributed by atoms with Gasteiger partial charge >= 0.3 is 5.97 Å². The Morgan fingerprint density at radius 1 is 1.44 bits per heavy atom. The number of hydrogen-bond donors (Lipinski definition) is 1. The van der Waals surface area contributed by atoms with Gasteiger partial charge in [-0.25, -0.2) is 0 Å². The Bertz CT molecular complexity index is 359. The number of hydrogen-bond acceptors (Lipinski definition) is 5. The summed E-state index contributed by atoms with van der Waals surface area (Å²) in [5, 5.41) is 0.0995. The van der Waals surface area contributed by atoms with Crippen LogP contribution in [0, 0.1) is 0 Å². The molecule has 100 valence electrons. The summed E-state index contributed by atoms with van der Waals surface area (Å²) in [7, 11) is 0. The van der Waals surface area contributed by atoms with E-state index in [1.807, 2.05) is 19.1 Å². The highest BCUT2D eigenvalue weighted by Gasteiger charge is 2.20. The van der Waals surface area contributed by atoms with Gasteiger partial charge < -0.3 is 10.5 Å². The summed E-state index contributed by atoms with van der Waals surface area (Å²) >= 11 is 1.53. The molecule has 0 aliphatic carbocycles. The molecule has 2 unspecified atom stereocenters. The van der Waals surface area contributed by atoms with Crippen LogP contribution in [0.5, 0.6) is 0 Å². The summed E-state index contributed by atoms with van der Waals surface area (Å²) in [6.45, 7) is 4.27. The summed E-state index contributed by atoms with van der Waals surface area (Å²) in [4.78, 5) is 15.4. The Morgan fingerprint density at radius 2 is 2.11 bits per heavy atom. The van der Waals surface area contributed by atoms with E-state index in [1.165, 1.54) is 11.8 Å². The lowest BCUT2D eigenvalue weighted by Gasteiger charge is -2.22. The Morgan fingerprint density at radius 3 is 2.67 bits per heavy atom. The molecule has 1 heterocycles. The van der Waals surface area contributed by atoms with Crippen LogP contribution in [0.3, 0.4) is 0 Å². The predicted octanol–water partition coefficient (Wildman–Crippen LogP) is 2.16. The lowest BCUT2D eigenvalue weighted by molar-refractivity contribution is -0.139. The molecule has 0 saturated heterocycles. The van der Waals surface area contributed by atoms with E-state index in [-0.39, 0.29) is 17.3 Å². The van der Waals surface area contributed by atoms with E-state index >= 15 is 0 Å². The first kappa shape index (κ1) is 15.0. The molecule has 0 saturated carbocycles. The average Bonchev–Trinajstić information content (AvgIpc) is 2.40. The van der Waals surface area contributed by atoms with Gasteiger partial charge in [0.05, 0.1) is 12.4 Å². The lowest BCUT2D eigenvalue weighted by Crippen LogP contribution is -2.26. The molecule has 0 bridgehead atoms. The van der Waals surface area contributed by atoms with Gasteiger partial charge in [0.1, 0.15) is 0 Å². The third-order valence-corrected chi connectivity index (χ3v) is 3.96. The molecular formula is C13H20N2O2S. The molecule has 5 heteroatoms. The van der Waals surface area contributed by atoms with Gasteiger partial charge in [0.25, 0.3) is 0 Å². The molecule has 1 aromatic rings. The van der Waals surface area contributed by atoms with Crippen LogP contribution in [-0.2, 0) is 9.53 Å². The number of pyridine rings is 1. The number of rotatable bonds is 7. The second kappa shape index (κ2) is 8.11. The fourth-order valence-corrected chi connectivity index (χ4v) is 2.78. The topological polar surface area (TPSA) is 65.2 Å². The Labute approximate surface area is 112 Å². The van der Waals surface area contributed by atoms with E-state index in [4.69, 9.17) is 10.5 Å². The van der Waals surface area contributed by atoms with Crippen LogP contribution in [0.2, 0.25) is 0 Å². The largest absolute Gasteiger partial charge is 0.465 e. The molecule has 18 heavy (non-hydrogen) atoms. The highest BCUT2D eigenvalue weighted by molar-refractivity contribution is 8.00. The number of carbonyl (C=O) groups is 1. The lowest BCUT2D eigenvalue weighted by atomic mass is 10.1. The van der Waals surface area contributed by atoms with Gasteiger partial charge in [-0.2, -0.15) is 0 Å². The van der Waals surface area contributed by atoms with Crippen LogP contribution in [0.1, 0.15) is 31.1 Å². The Kier molecular flexibility index (Phi) is 6.75. The average molecular weight is 268 g/mol. The maximum Gasteiger partial charge on any atom is 0.315 e. The van der Waals surface area contributed by atoms with Gasteiger partial charge in [-0.1, -0.05) is 6.92 Å². The molecule has 4 nitrogen and oxygen atoms in total. The third-order valence-electron chi connectivity index (χ3n) is 2.58. The van der Waals surface area contributed by atoms with Crippen LogP contribution in [-0.4, -0.2) is 29.4 Å². The summed E-state index contributed by atoms with van der Waals surface area (Å²) in [6, 6.07) is 3.91. The first-order valence-corrected chi connectivity index (χ1v) is 7.16. The highest BCUT2D eigenvalue weighted by atomic mass is 32.2. The molecule has 1 rings (SSSR count). The molecule has 0 spiro atoms. The fraction of sp³-hybridized carbons (Fsp3) is 0.538. The Balaban J connectivity index is 2.65. The quantitative estimate of drug-likeness (QED) is 0.768. The second-order valence-electron chi connectivity index (χ2n) is 3.89. The van der Waals surface area contributed by atoms with Crippen molar-refractivity contribution in [2.45, 2.75) is 31.6 Å². The van der Waals surface area contributed by atoms with Crippen LogP contribution in [0.4, 0.5) is 0 Å². The zero-order chi connectivity index (χ0) is 13.4. The van der Waals surface area contributed by atoms with Gasteiger partial charge in [-0.05, 0) is 31.0 Å². The minimum Gasteiger partial charge on any atom is -0.465 e. The summed E-state index contributed by atoms with van der Waals surface area (Å²) in [5.41, 5.74) is 7.22. The number of esters is 1. The molecule has 2 N–H and O–H groups in total. The van der Waals surface area contributed by atoms with Crippen LogP contribution in [0.15, 0.2) is 24.5 Å². The minimum absolute atomic E-state index is 0.0202. The van der Waals surface area contributed by atoms with E-state index in [9.17, 15) is 4.79 Å². The van der Waals surface area contributed by atoms with Crippen molar-refractivity contribution in [2.75, 3.05) is 12.4 Å². The SMILES string of the molecule is CCOC(=O)CSC(c1ccncc1)C(N)CC. The smallest absolute Gasteiger partial charge is 0.315 e. The zero-order valence-corrected chi connectivity index (χ0v) is 11.7. The molecule has 0 aliphatic rings. The van der Waals surface area contributed by atoms with Gasteiger partial charge in [-0.15, -0.1) is 11.8 Å². The third kappa shape index (κ3) is 4.66. The highest BCUT2D eigenvalue weighted by Crippen LogP contribution is 2.32. The van der Waals surface area contributed by atoms with Gasteiger partial charge in [0.15, 0.2) is 0 Å². The van der Waals surface area contributed by atoms with E-state index in [2.05, 4.69) is 4.98 Å². The normalized spacial score (nSPS) is 13.9. The van der Waals surface area contributed by atoms with Crippen molar-refractivity contribution in [3.05, 3.63) is 30.1 Å². The van der Waals surface area contributed by atoms with Crippen molar-refractivity contribution in [1.82, 2.24) is 4.98 Å². The van der Waals surface area contributed by atoms with Crippen LogP contribution < -0.4 is 5.73 Å². The van der Waals surface area contributed by atoms with Crippen LogP contribution in [0.25, 0.3) is 0 Å². The van der Waals surface area contributed by atoms with E-state index in [1.54, 1.807) is 19.3 Å². The summed E-state index contributed by atoms with van der Waals surface area (Å²) in [6.07, 6.45) is 4.36. The van der Waals surface area contributed by atoms with Gasteiger partial charge in [0.2, 0.25) is 0 Å². The molecule has 0 amide bonds. The number of nitrogens with zero attached hydrogens (tertiary/aromatic N) is 1. The maximum absolute atomic E-state index is 11.4. The molecule has 0 aromatic carbocycles. The fourth-order valence-electron chi connectivity index (χ4n) is 1.59. The van der Waals surface area contributed by atoms with Crippen molar-refractivity contribution < 1.29 is 9.53 Å². The number of thioether (sulfide) groups is 1. The van der Waals surface area contributed by atoms with E-state index < -0.39 is 0 Å². The number of ether oxygens (including phenoxy) is 1. The molecule has 2 atom stereocenters. The molecular weight excluding hydrogens is 248 g/mol. The number of carbonyl (C=O) groups excluding carboxylic acids is 1. The van der Waals surface area contributed by atoms with E-state index in [0.717, 1.165) is 12.0 Å². The molecule has 0 fully saturated rings. The monoisotopic (exact) mass is 268 g/mol. The first-order chi connectivity index (χ1) is 8.69. The van der Waals surface area contributed by atoms with Crippen molar-refractivity contribution in [3.63, 3.8) is 0 Å². The zero-order valence-electron chi connectivity index (χ0n) is 10.8. The Hall–Kier alpha value is -1.07. The summed E-state index contributed by atoms with van der Waals surface area (Å²) in [5.74, 6) is 0.138. The maximum atomic E-state index is 11.4. The second-order valence-corrected chi connectivity index (χ2v) is 5.02. The number of nitrogens with two attached hydrogens (primary N) is 1. The van der Waals surface area contributed by atoms with Gasteiger partial charge in [-0.3, -0.25) is 9.78 Å². The minimum atomic E-state index is -0.190.